The number of carbonyl (C=O) groups is 2. The predicted molar refractivity (Wildman–Crippen MR) is 80.5 cm³/mol. The van der Waals surface area contributed by atoms with Crippen LogP contribution in [0.15, 0.2) is 22.8 Å². The molecule has 3 aliphatic rings. The molecule has 3 nitrogen and oxygen atoms in total. The summed E-state index contributed by atoms with van der Waals surface area (Å²) in [5, 5.41) is 0. The summed E-state index contributed by atoms with van der Waals surface area (Å²) in [4.78, 5) is 24.1. The molecule has 0 aromatic carbocycles. The van der Waals surface area contributed by atoms with Crippen LogP contribution < -0.4 is 0 Å². The van der Waals surface area contributed by atoms with E-state index in [9.17, 15) is 9.59 Å². The van der Waals surface area contributed by atoms with Gasteiger partial charge < -0.3 is 4.74 Å². The van der Waals surface area contributed by atoms with Crippen LogP contribution in [-0.2, 0) is 14.3 Å². The zero-order valence-corrected chi connectivity index (χ0v) is 12.7. The summed E-state index contributed by atoms with van der Waals surface area (Å²) < 4.78 is 4.93. The molecule has 2 aliphatic carbocycles. The molecule has 114 valence electrons. The van der Waals surface area contributed by atoms with Gasteiger partial charge in [0.05, 0.1) is 11.5 Å². The zero-order valence-electron chi connectivity index (χ0n) is 12.7. The van der Waals surface area contributed by atoms with E-state index >= 15 is 0 Å². The van der Waals surface area contributed by atoms with Crippen LogP contribution >= 0.6 is 0 Å². The van der Waals surface area contributed by atoms with Crippen molar-refractivity contribution < 1.29 is 14.3 Å². The van der Waals surface area contributed by atoms with Crippen LogP contribution in [0.3, 0.4) is 0 Å². The van der Waals surface area contributed by atoms with Crippen LogP contribution in [0, 0.1) is 5.92 Å². The smallest absolute Gasteiger partial charge is 0.342 e. The van der Waals surface area contributed by atoms with Crippen molar-refractivity contribution in [3.63, 3.8) is 0 Å². The SMILES string of the molecule is O=C1OC(=O)C2CCCCCC(/C3=C/CCCCCC3)=C12. The van der Waals surface area contributed by atoms with E-state index in [0.29, 0.717) is 5.57 Å². The fourth-order valence-corrected chi connectivity index (χ4v) is 3.83. The van der Waals surface area contributed by atoms with Gasteiger partial charge >= 0.3 is 11.9 Å². The number of hydrogen-bond donors (Lipinski definition) is 0. The fraction of sp³-hybridized carbons (Fsp3) is 0.667. The molecule has 0 saturated carbocycles. The number of allylic oxidation sites excluding steroid dienone is 3. The van der Waals surface area contributed by atoms with E-state index in [1.807, 2.05) is 0 Å². The molecule has 0 aromatic heterocycles. The number of hydrogen-bond acceptors (Lipinski definition) is 3. The number of cyclic esters (lactones) is 2. The van der Waals surface area contributed by atoms with Crippen molar-refractivity contribution in [1.29, 1.82) is 0 Å². The number of rotatable bonds is 1. The lowest BCUT2D eigenvalue weighted by Gasteiger charge is -2.20. The summed E-state index contributed by atoms with van der Waals surface area (Å²) in [6.45, 7) is 0. The molecule has 0 bridgehead atoms. The van der Waals surface area contributed by atoms with Gasteiger partial charge in [-0.15, -0.1) is 0 Å². The third-order valence-electron chi connectivity index (χ3n) is 4.97. The molecule has 1 saturated heterocycles. The summed E-state index contributed by atoms with van der Waals surface area (Å²) >= 11 is 0. The summed E-state index contributed by atoms with van der Waals surface area (Å²) in [6, 6.07) is 0. The molecule has 21 heavy (non-hydrogen) atoms. The van der Waals surface area contributed by atoms with Crippen molar-refractivity contribution in [2.75, 3.05) is 0 Å². The van der Waals surface area contributed by atoms with Crippen LogP contribution in [0.25, 0.3) is 0 Å². The molecule has 3 heteroatoms. The lowest BCUT2D eigenvalue weighted by molar-refractivity contribution is -0.152. The maximum atomic E-state index is 12.2. The minimum absolute atomic E-state index is 0.292. The highest BCUT2D eigenvalue weighted by Crippen LogP contribution is 2.38. The number of ether oxygens (including phenoxy) is 1. The predicted octanol–water partition coefficient (Wildman–Crippen LogP) is 4.23. The molecule has 0 amide bonds. The van der Waals surface area contributed by atoms with Gasteiger partial charge in [-0.3, -0.25) is 4.79 Å². The third-order valence-corrected chi connectivity index (χ3v) is 4.97. The van der Waals surface area contributed by atoms with Crippen molar-refractivity contribution in [1.82, 2.24) is 0 Å². The standard InChI is InChI=1S/C18H24O3/c19-17-15-12-8-4-7-11-14(16(15)18(20)21-17)13-9-5-2-1-3-6-10-13/h9,15H,1-8,10-12H2/b13-9+,16-14?. The molecule has 1 atom stereocenters. The van der Waals surface area contributed by atoms with Gasteiger partial charge in [-0.2, -0.15) is 0 Å². The Balaban J connectivity index is 1.99. The molecular formula is C18H24O3. The van der Waals surface area contributed by atoms with Gasteiger partial charge in [0, 0.05) is 0 Å². The summed E-state index contributed by atoms with van der Waals surface area (Å²) in [5.74, 6) is -0.982. The Morgan fingerprint density at radius 1 is 0.905 bits per heavy atom. The molecule has 3 rings (SSSR count). The number of esters is 2. The summed E-state index contributed by atoms with van der Waals surface area (Å²) in [7, 11) is 0. The maximum absolute atomic E-state index is 12.2. The number of fused-ring (bicyclic) bond motifs is 1. The van der Waals surface area contributed by atoms with Crippen LogP contribution in [0.5, 0.6) is 0 Å². The highest BCUT2D eigenvalue weighted by Gasteiger charge is 2.41. The summed E-state index contributed by atoms with van der Waals surface area (Å²) in [5.41, 5.74) is 3.17. The lowest BCUT2D eigenvalue weighted by atomic mass is 9.81. The first kappa shape index (κ1) is 14.6. The normalized spacial score (nSPS) is 30.5. The highest BCUT2D eigenvalue weighted by molar-refractivity contribution is 6.08. The molecule has 1 heterocycles. The van der Waals surface area contributed by atoms with Gasteiger partial charge in [0.25, 0.3) is 0 Å². The van der Waals surface area contributed by atoms with E-state index in [1.165, 1.54) is 31.3 Å². The minimum atomic E-state index is -0.371. The quantitative estimate of drug-likeness (QED) is 0.536. The maximum Gasteiger partial charge on any atom is 0.342 e. The van der Waals surface area contributed by atoms with E-state index in [-0.39, 0.29) is 17.9 Å². The first-order chi connectivity index (χ1) is 10.3. The van der Waals surface area contributed by atoms with Gasteiger partial charge in [0.15, 0.2) is 0 Å². The van der Waals surface area contributed by atoms with Crippen LogP contribution in [0.2, 0.25) is 0 Å². The largest absolute Gasteiger partial charge is 0.389 e. The molecule has 0 N–H and O–H groups in total. The molecule has 0 radical (unpaired) electrons. The highest BCUT2D eigenvalue weighted by atomic mass is 16.6. The Labute approximate surface area is 126 Å². The Hall–Kier alpha value is -1.38. The van der Waals surface area contributed by atoms with E-state index < -0.39 is 0 Å². The Kier molecular flexibility index (Phi) is 4.57. The fourth-order valence-electron chi connectivity index (χ4n) is 3.83. The average Bonchev–Trinajstić information content (AvgIpc) is 2.65. The second-order valence-electron chi connectivity index (χ2n) is 6.43. The average molecular weight is 288 g/mol. The van der Waals surface area contributed by atoms with Crippen molar-refractivity contribution in [2.24, 2.45) is 5.92 Å². The van der Waals surface area contributed by atoms with Gasteiger partial charge in [-0.05, 0) is 56.1 Å². The second-order valence-corrected chi connectivity index (χ2v) is 6.43. The van der Waals surface area contributed by atoms with E-state index in [1.54, 1.807) is 0 Å². The molecule has 1 unspecified atom stereocenters. The monoisotopic (exact) mass is 288 g/mol. The summed E-state index contributed by atoms with van der Waals surface area (Å²) in [6.07, 6.45) is 14.4. The van der Waals surface area contributed by atoms with Gasteiger partial charge in [0.2, 0.25) is 0 Å². The molecular weight excluding hydrogens is 264 g/mol. The first-order valence-corrected chi connectivity index (χ1v) is 8.46. The second kappa shape index (κ2) is 6.59. The van der Waals surface area contributed by atoms with Crippen molar-refractivity contribution in [3.05, 3.63) is 22.8 Å². The minimum Gasteiger partial charge on any atom is -0.389 e. The van der Waals surface area contributed by atoms with Crippen molar-refractivity contribution in [3.8, 4) is 0 Å². The zero-order chi connectivity index (χ0) is 14.7. The topological polar surface area (TPSA) is 43.4 Å². The number of carbonyl (C=O) groups excluding carboxylic acids is 2. The van der Waals surface area contributed by atoms with Crippen LogP contribution in [0.4, 0.5) is 0 Å². The van der Waals surface area contributed by atoms with Crippen molar-refractivity contribution >= 4 is 11.9 Å². The van der Waals surface area contributed by atoms with E-state index in [2.05, 4.69) is 6.08 Å². The van der Waals surface area contributed by atoms with E-state index in [4.69, 9.17) is 4.74 Å². The molecule has 1 fully saturated rings. The van der Waals surface area contributed by atoms with Gasteiger partial charge in [0.1, 0.15) is 0 Å². The van der Waals surface area contributed by atoms with Crippen LogP contribution in [0.1, 0.15) is 70.6 Å². The van der Waals surface area contributed by atoms with E-state index in [0.717, 1.165) is 50.5 Å². The Morgan fingerprint density at radius 3 is 2.57 bits per heavy atom. The van der Waals surface area contributed by atoms with Crippen molar-refractivity contribution in [2.45, 2.75) is 70.6 Å². The Morgan fingerprint density at radius 2 is 1.67 bits per heavy atom. The first-order valence-electron chi connectivity index (χ1n) is 8.46. The third kappa shape index (κ3) is 3.12. The van der Waals surface area contributed by atoms with Gasteiger partial charge in [-0.25, -0.2) is 4.79 Å². The molecule has 1 aliphatic heterocycles. The molecule has 0 spiro atoms. The van der Waals surface area contributed by atoms with Crippen LogP contribution in [-0.4, -0.2) is 11.9 Å². The lowest BCUT2D eigenvalue weighted by Crippen LogP contribution is -2.14. The molecule has 0 aromatic rings. The Bertz CT molecular complexity index is 499. The van der Waals surface area contributed by atoms with Gasteiger partial charge in [-0.1, -0.05) is 31.8 Å².